The molecule has 1 N–H and O–H groups in total. The highest BCUT2D eigenvalue weighted by molar-refractivity contribution is 4.85. The Morgan fingerprint density at radius 1 is 1.22 bits per heavy atom. The summed E-state index contributed by atoms with van der Waals surface area (Å²) >= 11 is 0. The summed E-state index contributed by atoms with van der Waals surface area (Å²) < 4.78 is 0. The molecule has 2 aliphatic heterocycles. The van der Waals surface area contributed by atoms with Gasteiger partial charge < -0.3 is 14.9 Å². The van der Waals surface area contributed by atoms with Gasteiger partial charge in [-0.25, -0.2) is 0 Å². The molecule has 0 spiro atoms. The van der Waals surface area contributed by atoms with Crippen molar-refractivity contribution in [2.75, 3.05) is 39.8 Å². The van der Waals surface area contributed by atoms with Crippen molar-refractivity contribution in [3.05, 3.63) is 0 Å². The number of aliphatic hydroxyl groups excluding tert-OH is 1. The van der Waals surface area contributed by atoms with Crippen LogP contribution in [0, 0.1) is 5.41 Å². The van der Waals surface area contributed by atoms with Crippen LogP contribution >= 0.6 is 0 Å². The third kappa shape index (κ3) is 3.25. The zero-order chi connectivity index (χ0) is 13.0. The van der Waals surface area contributed by atoms with Crippen LogP contribution in [0.5, 0.6) is 0 Å². The second-order valence-corrected chi connectivity index (χ2v) is 6.42. The number of piperidine rings is 1. The van der Waals surface area contributed by atoms with Gasteiger partial charge >= 0.3 is 0 Å². The number of rotatable bonds is 5. The first-order valence-corrected chi connectivity index (χ1v) is 7.72. The topological polar surface area (TPSA) is 26.7 Å². The Morgan fingerprint density at radius 3 is 2.44 bits per heavy atom. The van der Waals surface area contributed by atoms with Crippen LogP contribution in [0.2, 0.25) is 0 Å². The minimum Gasteiger partial charge on any atom is -0.396 e. The Hall–Kier alpha value is -0.120. The second-order valence-electron chi connectivity index (χ2n) is 6.42. The van der Waals surface area contributed by atoms with Crippen LogP contribution in [0.15, 0.2) is 0 Å². The summed E-state index contributed by atoms with van der Waals surface area (Å²) in [4.78, 5) is 5.13. The molecule has 2 saturated heterocycles. The highest BCUT2D eigenvalue weighted by atomic mass is 16.3. The largest absolute Gasteiger partial charge is 0.396 e. The minimum absolute atomic E-state index is 0.237. The summed E-state index contributed by atoms with van der Waals surface area (Å²) in [6.45, 7) is 7.51. The Bertz CT molecular complexity index is 243. The Balaban J connectivity index is 1.70. The van der Waals surface area contributed by atoms with Gasteiger partial charge in [-0.3, -0.25) is 0 Å². The summed E-state index contributed by atoms with van der Waals surface area (Å²) in [5.74, 6) is 0. The lowest BCUT2D eigenvalue weighted by Gasteiger charge is -2.40. The third-order valence-corrected chi connectivity index (χ3v) is 5.45. The van der Waals surface area contributed by atoms with E-state index in [1.54, 1.807) is 0 Å². The number of likely N-dealkylation sites (tertiary alicyclic amines) is 2. The maximum atomic E-state index is 9.54. The monoisotopic (exact) mass is 254 g/mol. The molecular formula is C15H30N2O. The maximum absolute atomic E-state index is 9.54. The first kappa shape index (κ1) is 14.3. The number of hydrogen-bond acceptors (Lipinski definition) is 3. The minimum atomic E-state index is 0.237. The molecule has 0 amide bonds. The van der Waals surface area contributed by atoms with Crippen LogP contribution in [0.4, 0.5) is 0 Å². The van der Waals surface area contributed by atoms with Gasteiger partial charge in [0.1, 0.15) is 0 Å². The summed E-state index contributed by atoms with van der Waals surface area (Å²) in [6, 6.07) is 0.820. The first-order valence-electron chi connectivity index (χ1n) is 7.72. The molecule has 0 saturated carbocycles. The third-order valence-electron chi connectivity index (χ3n) is 5.45. The number of hydrogen-bond donors (Lipinski definition) is 1. The van der Waals surface area contributed by atoms with Crippen LogP contribution in [-0.2, 0) is 0 Å². The molecule has 2 aliphatic rings. The summed E-state index contributed by atoms with van der Waals surface area (Å²) in [5.41, 5.74) is 0.237. The van der Waals surface area contributed by atoms with Gasteiger partial charge in [0.25, 0.3) is 0 Å². The lowest BCUT2D eigenvalue weighted by Crippen LogP contribution is -2.43. The Kier molecular flexibility index (Phi) is 5.05. The molecule has 0 aromatic rings. The van der Waals surface area contributed by atoms with E-state index in [9.17, 15) is 5.11 Å². The van der Waals surface area contributed by atoms with Crippen LogP contribution in [0.1, 0.15) is 45.4 Å². The number of aliphatic hydroxyl groups is 1. The van der Waals surface area contributed by atoms with Gasteiger partial charge in [-0.1, -0.05) is 6.92 Å². The maximum Gasteiger partial charge on any atom is 0.0488 e. The predicted octanol–water partition coefficient (Wildman–Crippen LogP) is 1.96. The second kappa shape index (κ2) is 6.36. The van der Waals surface area contributed by atoms with Gasteiger partial charge in [-0.2, -0.15) is 0 Å². The number of nitrogens with zero attached hydrogens (tertiary/aromatic N) is 2. The van der Waals surface area contributed by atoms with Crippen molar-refractivity contribution in [3.63, 3.8) is 0 Å². The van der Waals surface area contributed by atoms with E-state index in [-0.39, 0.29) is 5.41 Å². The fourth-order valence-electron chi connectivity index (χ4n) is 3.55. The van der Waals surface area contributed by atoms with E-state index in [1.807, 2.05) is 0 Å². The van der Waals surface area contributed by atoms with Crippen molar-refractivity contribution in [2.45, 2.75) is 51.5 Å². The van der Waals surface area contributed by atoms with E-state index in [0.717, 1.165) is 12.5 Å². The van der Waals surface area contributed by atoms with Crippen molar-refractivity contribution in [3.8, 4) is 0 Å². The van der Waals surface area contributed by atoms with Crippen LogP contribution < -0.4 is 0 Å². The molecule has 1 unspecified atom stereocenters. The van der Waals surface area contributed by atoms with Gasteiger partial charge in [0.15, 0.2) is 0 Å². The van der Waals surface area contributed by atoms with Gasteiger partial charge in [-0.15, -0.1) is 0 Å². The average molecular weight is 254 g/mol. The smallest absolute Gasteiger partial charge is 0.0488 e. The Morgan fingerprint density at radius 2 is 1.94 bits per heavy atom. The molecule has 0 aromatic carbocycles. The molecule has 3 heteroatoms. The van der Waals surface area contributed by atoms with Crippen LogP contribution in [0.25, 0.3) is 0 Å². The van der Waals surface area contributed by atoms with Gasteiger partial charge in [0, 0.05) is 12.6 Å². The zero-order valence-corrected chi connectivity index (χ0v) is 12.2. The summed E-state index contributed by atoms with van der Waals surface area (Å²) in [5, 5.41) is 9.54. The van der Waals surface area contributed by atoms with E-state index in [0.29, 0.717) is 6.61 Å². The molecule has 2 fully saturated rings. The molecule has 2 heterocycles. The van der Waals surface area contributed by atoms with Crippen molar-refractivity contribution >= 4 is 0 Å². The molecule has 0 radical (unpaired) electrons. The Labute approximate surface area is 112 Å². The fourth-order valence-corrected chi connectivity index (χ4v) is 3.55. The summed E-state index contributed by atoms with van der Waals surface area (Å²) in [7, 11) is 2.27. The standard InChI is InChI=1S/C15H30N2O/c1-3-15(13-18)7-11-17(12-8-15)10-6-14-5-4-9-16(14)2/h14,18H,3-13H2,1-2H3. The van der Waals surface area contributed by atoms with Crippen molar-refractivity contribution in [1.29, 1.82) is 0 Å². The highest BCUT2D eigenvalue weighted by Gasteiger charge is 2.32. The molecule has 18 heavy (non-hydrogen) atoms. The van der Waals surface area contributed by atoms with Crippen LogP contribution in [0.3, 0.4) is 0 Å². The predicted molar refractivity (Wildman–Crippen MR) is 75.8 cm³/mol. The fraction of sp³-hybridized carbons (Fsp3) is 1.00. The van der Waals surface area contributed by atoms with Gasteiger partial charge in [0.2, 0.25) is 0 Å². The van der Waals surface area contributed by atoms with E-state index in [4.69, 9.17) is 0 Å². The van der Waals surface area contributed by atoms with Crippen molar-refractivity contribution in [2.24, 2.45) is 5.41 Å². The van der Waals surface area contributed by atoms with Crippen LogP contribution in [-0.4, -0.2) is 60.8 Å². The van der Waals surface area contributed by atoms with Crippen molar-refractivity contribution in [1.82, 2.24) is 9.80 Å². The highest BCUT2D eigenvalue weighted by Crippen LogP contribution is 2.34. The van der Waals surface area contributed by atoms with Crippen molar-refractivity contribution < 1.29 is 5.11 Å². The molecule has 2 rings (SSSR count). The van der Waals surface area contributed by atoms with E-state index >= 15 is 0 Å². The van der Waals surface area contributed by atoms with E-state index in [2.05, 4.69) is 23.8 Å². The van der Waals surface area contributed by atoms with Gasteiger partial charge in [-0.05, 0) is 77.2 Å². The average Bonchev–Trinajstić information content (AvgIpc) is 2.83. The quantitative estimate of drug-likeness (QED) is 0.812. The van der Waals surface area contributed by atoms with E-state index < -0.39 is 0 Å². The summed E-state index contributed by atoms with van der Waals surface area (Å²) in [6.07, 6.45) is 7.59. The zero-order valence-electron chi connectivity index (χ0n) is 12.2. The van der Waals surface area contributed by atoms with Gasteiger partial charge in [0.05, 0.1) is 0 Å². The molecular weight excluding hydrogens is 224 g/mol. The molecule has 0 bridgehead atoms. The molecule has 1 atom stereocenters. The van der Waals surface area contributed by atoms with E-state index in [1.165, 1.54) is 58.3 Å². The molecule has 0 aliphatic carbocycles. The molecule has 106 valence electrons. The first-order chi connectivity index (χ1) is 8.69. The molecule has 3 nitrogen and oxygen atoms in total. The lowest BCUT2D eigenvalue weighted by atomic mass is 9.77. The lowest BCUT2D eigenvalue weighted by molar-refractivity contribution is 0.0386. The normalized spacial score (nSPS) is 29.8. The molecule has 0 aromatic heterocycles. The SMILES string of the molecule is CCC1(CO)CCN(CCC2CCCN2C)CC1.